The van der Waals surface area contributed by atoms with E-state index in [0.717, 1.165) is 0 Å². The molecule has 1 heterocycles. The van der Waals surface area contributed by atoms with Gasteiger partial charge in [0, 0.05) is 35.7 Å². The first kappa shape index (κ1) is 24.5. The van der Waals surface area contributed by atoms with E-state index in [1.165, 1.54) is 8.61 Å². The molecule has 170 valence electrons. The molecule has 0 bridgehead atoms. The fourth-order valence-electron chi connectivity index (χ4n) is 3.81. The van der Waals surface area contributed by atoms with Gasteiger partial charge in [-0.05, 0) is 81.1 Å². The molecule has 10 heteroatoms. The first-order valence-electron chi connectivity index (χ1n) is 9.82. The smallest absolute Gasteiger partial charge is 0.207 e. The quantitative estimate of drug-likeness (QED) is 0.621. The number of benzene rings is 2. The van der Waals surface area contributed by atoms with E-state index in [4.69, 9.17) is 23.2 Å². The van der Waals surface area contributed by atoms with E-state index in [1.807, 2.05) is 0 Å². The average Bonchev–Trinajstić information content (AvgIpc) is 2.66. The average molecular weight is 505 g/mol. The number of hydrogen-bond acceptors (Lipinski definition) is 4. The minimum Gasteiger partial charge on any atom is -0.207 e. The normalized spacial score (nSPS) is 19.0. The molecule has 0 amide bonds. The van der Waals surface area contributed by atoms with Crippen LogP contribution in [-0.2, 0) is 20.0 Å². The van der Waals surface area contributed by atoms with Crippen molar-refractivity contribution in [3.05, 3.63) is 56.6 Å². The van der Waals surface area contributed by atoms with Gasteiger partial charge in [-0.3, -0.25) is 0 Å². The van der Waals surface area contributed by atoms with Crippen LogP contribution in [0.15, 0.2) is 34.1 Å². The summed E-state index contributed by atoms with van der Waals surface area (Å²) in [4.78, 5) is 0.392. The highest BCUT2D eigenvalue weighted by Crippen LogP contribution is 2.31. The summed E-state index contributed by atoms with van der Waals surface area (Å²) < 4.78 is 56.0. The first-order chi connectivity index (χ1) is 14.3. The molecule has 6 nitrogen and oxygen atoms in total. The fraction of sp³-hybridized carbons (Fsp3) is 0.429. The Labute approximate surface area is 194 Å². The Balaban J connectivity index is 1.90. The third-order valence-electron chi connectivity index (χ3n) is 5.65. The second-order valence-corrected chi connectivity index (χ2v) is 12.6. The van der Waals surface area contributed by atoms with E-state index in [0.29, 0.717) is 32.3 Å². The van der Waals surface area contributed by atoms with Gasteiger partial charge < -0.3 is 0 Å². The highest BCUT2D eigenvalue weighted by Gasteiger charge is 2.39. The van der Waals surface area contributed by atoms with E-state index in [1.54, 1.807) is 58.9 Å². The molecule has 0 aliphatic carbocycles. The van der Waals surface area contributed by atoms with Gasteiger partial charge in [0.05, 0.1) is 9.79 Å². The predicted molar refractivity (Wildman–Crippen MR) is 124 cm³/mol. The Hall–Kier alpha value is -1.16. The molecule has 1 saturated heterocycles. The van der Waals surface area contributed by atoms with Gasteiger partial charge in [0.25, 0.3) is 0 Å². The minimum atomic E-state index is -3.80. The Morgan fingerprint density at radius 2 is 1.19 bits per heavy atom. The molecule has 1 fully saturated rings. The van der Waals surface area contributed by atoms with Gasteiger partial charge in [0.15, 0.2) is 0 Å². The molecule has 2 aromatic rings. The summed E-state index contributed by atoms with van der Waals surface area (Å²) in [6, 6.07) is 5.89. The van der Waals surface area contributed by atoms with Crippen molar-refractivity contribution in [2.45, 2.75) is 50.5 Å². The molecule has 1 aliphatic rings. The van der Waals surface area contributed by atoms with Gasteiger partial charge in [-0.15, -0.1) is 0 Å². The van der Waals surface area contributed by atoms with Gasteiger partial charge in [-0.1, -0.05) is 23.2 Å². The number of nitrogens with zero attached hydrogens (tertiary/aromatic N) is 2. The maximum atomic E-state index is 13.3. The van der Waals surface area contributed by atoms with Crippen LogP contribution in [0.2, 0.25) is 10.0 Å². The summed E-state index contributed by atoms with van der Waals surface area (Å²) in [5.74, 6) is 0. The lowest BCUT2D eigenvalue weighted by atomic mass is 10.2. The maximum absolute atomic E-state index is 13.3. The van der Waals surface area contributed by atoms with E-state index in [-0.39, 0.29) is 29.4 Å². The van der Waals surface area contributed by atoms with Crippen molar-refractivity contribution < 1.29 is 16.8 Å². The van der Waals surface area contributed by atoms with Crippen LogP contribution in [0.4, 0.5) is 0 Å². The molecule has 0 N–H and O–H groups in total. The van der Waals surface area contributed by atoms with Crippen molar-refractivity contribution in [1.29, 1.82) is 0 Å². The lowest BCUT2D eigenvalue weighted by Gasteiger charge is -2.38. The Bertz CT molecular complexity index is 1240. The van der Waals surface area contributed by atoms with Crippen LogP contribution in [0.1, 0.15) is 29.2 Å². The second-order valence-electron chi connectivity index (χ2n) is 8.06. The molecular formula is C21H26Cl2N2O4S2. The van der Waals surface area contributed by atoms with Crippen molar-refractivity contribution in [2.24, 2.45) is 0 Å². The molecule has 3 rings (SSSR count). The largest absolute Gasteiger partial charge is 0.243 e. The van der Waals surface area contributed by atoms with Gasteiger partial charge >= 0.3 is 0 Å². The zero-order valence-corrected chi connectivity index (χ0v) is 21.3. The molecule has 0 saturated carbocycles. The van der Waals surface area contributed by atoms with Crippen LogP contribution < -0.4 is 0 Å². The van der Waals surface area contributed by atoms with Gasteiger partial charge in [0.1, 0.15) is 0 Å². The van der Waals surface area contributed by atoms with Crippen LogP contribution in [0, 0.1) is 27.7 Å². The summed E-state index contributed by atoms with van der Waals surface area (Å²) in [6.45, 7) is 8.83. The van der Waals surface area contributed by atoms with Crippen molar-refractivity contribution >= 4 is 43.2 Å². The van der Waals surface area contributed by atoms with Gasteiger partial charge in [-0.2, -0.15) is 8.61 Å². The zero-order valence-electron chi connectivity index (χ0n) is 18.1. The fourth-order valence-corrected chi connectivity index (χ4v) is 7.96. The van der Waals surface area contributed by atoms with Crippen LogP contribution in [0.25, 0.3) is 0 Å². The lowest BCUT2D eigenvalue weighted by Crippen LogP contribution is -2.55. The summed E-state index contributed by atoms with van der Waals surface area (Å²) in [7, 11) is -7.58. The Kier molecular flexibility index (Phi) is 6.83. The third-order valence-corrected chi connectivity index (χ3v) is 10.6. The Morgan fingerprint density at radius 1 is 0.742 bits per heavy atom. The lowest BCUT2D eigenvalue weighted by molar-refractivity contribution is 0.212. The topological polar surface area (TPSA) is 74.8 Å². The predicted octanol–water partition coefficient (Wildman–Crippen LogP) is 4.31. The number of aryl methyl sites for hydroxylation is 4. The highest BCUT2D eigenvalue weighted by molar-refractivity contribution is 7.89. The second kappa shape index (κ2) is 8.65. The van der Waals surface area contributed by atoms with Crippen molar-refractivity contribution in [3.63, 3.8) is 0 Å². The molecule has 2 aromatic carbocycles. The van der Waals surface area contributed by atoms with Gasteiger partial charge in [0.2, 0.25) is 20.0 Å². The van der Waals surface area contributed by atoms with Crippen molar-refractivity contribution in [3.8, 4) is 0 Å². The van der Waals surface area contributed by atoms with Crippen LogP contribution >= 0.6 is 23.2 Å². The number of piperazine rings is 1. The summed E-state index contributed by atoms with van der Waals surface area (Å²) in [5, 5.41) is 1.02. The monoisotopic (exact) mass is 504 g/mol. The van der Waals surface area contributed by atoms with E-state index < -0.39 is 26.1 Å². The molecule has 0 unspecified atom stereocenters. The van der Waals surface area contributed by atoms with Crippen LogP contribution in [0.3, 0.4) is 0 Å². The highest BCUT2D eigenvalue weighted by atomic mass is 35.5. The third kappa shape index (κ3) is 4.51. The number of rotatable bonds is 4. The molecule has 0 aromatic heterocycles. The van der Waals surface area contributed by atoms with E-state index in [9.17, 15) is 16.8 Å². The van der Waals surface area contributed by atoms with E-state index in [2.05, 4.69) is 0 Å². The maximum Gasteiger partial charge on any atom is 0.243 e. The molecule has 0 radical (unpaired) electrons. The van der Waals surface area contributed by atoms with Gasteiger partial charge in [-0.25, -0.2) is 16.8 Å². The number of sulfonamides is 2. The molecule has 1 atom stereocenters. The first-order valence-corrected chi connectivity index (χ1v) is 13.5. The van der Waals surface area contributed by atoms with Crippen LogP contribution in [-0.4, -0.2) is 51.1 Å². The summed E-state index contributed by atoms with van der Waals surface area (Å²) in [6.07, 6.45) is 0. The molecule has 0 spiro atoms. The Morgan fingerprint density at radius 3 is 1.65 bits per heavy atom. The number of halogens is 2. The van der Waals surface area contributed by atoms with E-state index >= 15 is 0 Å². The molecule has 31 heavy (non-hydrogen) atoms. The molecular weight excluding hydrogens is 479 g/mol. The minimum absolute atomic E-state index is 0.0638. The van der Waals surface area contributed by atoms with Crippen molar-refractivity contribution in [2.75, 3.05) is 19.6 Å². The summed E-state index contributed by atoms with van der Waals surface area (Å²) >= 11 is 12.2. The van der Waals surface area contributed by atoms with Crippen LogP contribution in [0.5, 0.6) is 0 Å². The standard InChI is InChI=1S/C21H26Cl2N2O4S2/c1-13-10-20(15(3)8-18(13)22)30(26,27)24-6-7-25(17(5)12-24)31(28,29)21-11-14(2)19(23)9-16(21)4/h8-11,17H,6-7,12H2,1-5H3/t17-/m1/s1. The SMILES string of the molecule is Cc1cc(S(=O)(=O)N2CCN(S(=O)(=O)c3cc(C)c(Cl)cc3C)[C@H](C)C2)c(C)cc1Cl. The zero-order chi connectivity index (χ0) is 23.3. The number of hydrogen-bond donors (Lipinski definition) is 0. The summed E-state index contributed by atoms with van der Waals surface area (Å²) in [5.41, 5.74) is 2.47. The molecule has 1 aliphatic heterocycles. The van der Waals surface area contributed by atoms with Crippen molar-refractivity contribution in [1.82, 2.24) is 8.61 Å².